The summed E-state index contributed by atoms with van der Waals surface area (Å²) in [5.74, 6) is 1.18. The van der Waals surface area contributed by atoms with Crippen LogP contribution in [0.3, 0.4) is 0 Å². The van der Waals surface area contributed by atoms with Gasteiger partial charge in [0.2, 0.25) is 0 Å². The molecule has 2 aromatic rings. The zero-order valence-corrected chi connectivity index (χ0v) is 12.2. The molecule has 1 saturated carbocycles. The van der Waals surface area contributed by atoms with Crippen molar-refractivity contribution in [1.29, 1.82) is 0 Å². The average Bonchev–Trinajstić information content (AvgIpc) is 3.06. The van der Waals surface area contributed by atoms with Crippen LogP contribution in [0.4, 0.5) is 5.82 Å². The maximum absolute atomic E-state index is 11.2. The monoisotopic (exact) mass is 298 g/mol. The Kier molecular flexibility index (Phi) is 3.06. The highest BCUT2D eigenvalue weighted by molar-refractivity contribution is 5.92. The van der Waals surface area contributed by atoms with E-state index in [1.807, 2.05) is 4.68 Å². The molecule has 1 saturated heterocycles. The molecule has 0 radical (unpaired) electrons. The van der Waals surface area contributed by atoms with Crippen LogP contribution in [0.25, 0.3) is 0 Å². The molecule has 7 heteroatoms. The third-order valence-electron chi connectivity index (χ3n) is 4.42. The number of nitrogens with two attached hydrogens (primary N) is 1. The molecule has 0 spiro atoms. The van der Waals surface area contributed by atoms with Gasteiger partial charge in [-0.05, 0) is 19.3 Å². The van der Waals surface area contributed by atoms with E-state index in [0.29, 0.717) is 11.5 Å². The summed E-state index contributed by atoms with van der Waals surface area (Å²) in [5.41, 5.74) is 6.89. The van der Waals surface area contributed by atoms with E-state index < -0.39 is 5.91 Å². The molecule has 3 heterocycles. The highest BCUT2D eigenvalue weighted by Crippen LogP contribution is 2.39. The molecule has 2 aliphatic rings. The van der Waals surface area contributed by atoms with Crippen molar-refractivity contribution in [2.24, 2.45) is 5.73 Å². The minimum atomic E-state index is -0.439. The SMILES string of the molecule is NC(=O)c1cnn(C2CCN(c3cc(C4CC4)ncn3)C2)c1. The molecular formula is C15H18N6O. The van der Waals surface area contributed by atoms with Crippen molar-refractivity contribution >= 4 is 11.7 Å². The maximum Gasteiger partial charge on any atom is 0.251 e. The highest BCUT2D eigenvalue weighted by atomic mass is 16.1. The van der Waals surface area contributed by atoms with Gasteiger partial charge >= 0.3 is 0 Å². The number of carbonyl (C=O) groups is 1. The minimum absolute atomic E-state index is 0.243. The Morgan fingerprint density at radius 1 is 1.27 bits per heavy atom. The van der Waals surface area contributed by atoms with E-state index in [1.54, 1.807) is 12.5 Å². The lowest BCUT2D eigenvalue weighted by Crippen LogP contribution is -2.22. The molecule has 0 bridgehead atoms. The molecule has 1 aliphatic carbocycles. The highest BCUT2D eigenvalue weighted by Gasteiger charge is 2.29. The third-order valence-corrected chi connectivity index (χ3v) is 4.42. The lowest BCUT2D eigenvalue weighted by atomic mass is 10.2. The Morgan fingerprint density at radius 3 is 2.86 bits per heavy atom. The topological polar surface area (TPSA) is 89.9 Å². The maximum atomic E-state index is 11.2. The smallest absolute Gasteiger partial charge is 0.251 e. The number of nitrogens with zero attached hydrogens (tertiary/aromatic N) is 5. The fourth-order valence-corrected chi connectivity index (χ4v) is 2.97. The Hall–Kier alpha value is -2.44. The molecule has 2 N–H and O–H groups in total. The first kappa shape index (κ1) is 13.2. The molecular weight excluding hydrogens is 280 g/mol. The van der Waals surface area contributed by atoms with Crippen LogP contribution in [-0.4, -0.2) is 38.7 Å². The molecule has 1 aliphatic heterocycles. The van der Waals surface area contributed by atoms with E-state index >= 15 is 0 Å². The standard InChI is InChI=1S/C15H18N6O/c16-15(22)11-6-19-21(7-11)12-3-4-20(8-12)14-5-13(10-1-2-10)17-9-18-14/h5-7,9-10,12H,1-4,8H2,(H2,16,22). The summed E-state index contributed by atoms with van der Waals surface area (Å²) in [7, 11) is 0. The fourth-order valence-electron chi connectivity index (χ4n) is 2.97. The Balaban J connectivity index is 1.49. The van der Waals surface area contributed by atoms with Crippen molar-refractivity contribution in [3.63, 3.8) is 0 Å². The van der Waals surface area contributed by atoms with Gasteiger partial charge < -0.3 is 10.6 Å². The zero-order valence-electron chi connectivity index (χ0n) is 12.2. The second-order valence-electron chi connectivity index (χ2n) is 6.04. The van der Waals surface area contributed by atoms with Crippen molar-refractivity contribution in [2.75, 3.05) is 18.0 Å². The lowest BCUT2D eigenvalue weighted by molar-refractivity contribution is 0.1000. The molecule has 2 aromatic heterocycles. The second-order valence-corrected chi connectivity index (χ2v) is 6.04. The summed E-state index contributed by atoms with van der Waals surface area (Å²) in [6, 6.07) is 2.35. The molecule has 1 unspecified atom stereocenters. The van der Waals surface area contributed by atoms with E-state index in [2.05, 4.69) is 26.0 Å². The van der Waals surface area contributed by atoms with Gasteiger partial charge in [-0.15, -0.1) is 0 Å². The first-order chi connectivity index (χ1) is 10.7. The molecule has 0 aromatic carbocycles. The van der Waals surface area contributed by atoms with E-state index in [-0.39, 0.29) is 6.04 Å². The summed E-state index contributed by atoms with van der Waals surface area (Å²) < 4.78 is 1.84. The van der Waals surface area contributed by atoms with E-state index in [4.69, 9.17) is 5.73 Å². The largest absolute Gasteiger partial charge is 0.366 e. The normalized spacial score (nSPS) is 21.3. The number of anilines is 1. The second kappa shape index (κ2) is 5.08. The van der Waals surface area contributed by atoms with Gasteiger partial charge in [-0.25, -0.2) is 9.97 Å². The van der Waals surface area contributed by atoms with Gasteiger partial charge in [0.15, 0.2) is 0 Å². The molecule has 2 fully saturated rings. The van der Waals surface area contributed by atoms with Gasteiger partial charge in [-0.2, -0.15) is 5.10 Å². The van der Waals surface area contributed by atoms with Crippen molar-refractivity contribution in [3.05, 3.63) is 36.0 Å². The molecule has 22 heavy (non-hydrogen) atoms. The Bertz CT molecular complexity index is 708. The molecule has 1 amide bonds. The van der Waals surface area contributed by atoms with E-state index in [0.717, 1.165) is 31.0 Å². The van der Waals surface area contributed by atoms with Crippen LogP contribution in [-0.2, 0) is 0 Å². The van der Waals surface area contributed by atoms with E-state index in [9.17, 15) is 4.79 Å². The number of aromatic nitrogens is 4. The fraction of sp³-hybridized carbons (Fsp3) is 0.467. The minimum Gasteiger partial charge on any atom is -0.366 e. The number of rotatable bonds is 4. The number of carbonyl (C=O) groups excluding carboxylic acids is 1. The number of amides is 1. The number of hydrogen-bond donors (Lipinski definition) is 1. The summed E-state index contributed by atoms with van der Waals surface area (Å²) >= 11 is 0. The van der Waals surface area contributed by atoms with Gasteiger partial charge in [0.05, 0.1) is 17.8 Å². The summed E-state index contributed by atoms with van der Waals surface area (Å²) in [6.45, 7) is 1.76. The molecule has 4 rings (SSSR count). The zero-order chi connectivity index (χ0) is 15.1. The summed E-state index contributed by atoms with van der Waals surface area (Å²) in [6.07, 6.45) is 8.37. The van der Waals surface area contributed by atoms with Crippen molar-refractivity contribution in [1.82, 2.24) is 19.7 Å². The summed E-state index contributed by atoms with van der Waals surface area (Å²) in [5, 5.41) is 4.26. The van der Waals surface area contributed by atoms with Crippen molar-refractivity contribution < 1.29 is 4.79 Å². The van der Waals surface area contributed by atoms with Crippen LogP contribution in [0.15, 0.2) is 24.8 Å². The summed E-state index contributed by atoms with van der Waals surface area (Å²) in [4.78, 5) is 22.2. The lowest BCUT2D eigenvalue weighted by Gasteiger charge is -2.18. The van der Waals surface area contributed by atoms with Gasteiger partial charge in [0, 0.05) is 37.0 Å². The van der Waals surface area contributed by atoms with E-state index in [1.165, 1.54) is 19.0 Å². The van der Waals surface area contributed by atoms with Crippen molar-refractivity contribution in [3.8, 4) is 0 Å². The number of primary amides is 1. The number of hydrogen-bond acceptors (Lipinski definition) is 5. The van der Waals surface area contributed by atoms with Gasteiger partial charge in [-0.1, -0.05) is 0 Å². The van der Waals surface area contributed by atoms with Crippen LogP contribution in [0.2, 0.25) is 0 Å². The average molecular weight is 298 g/mol. The molecule has 7 nitrogen and oxygen atoms in total. The first-order valence-corrected chi connectivity index (χ1v) is 7.61. The van der Waals surface area contributed by atoms with Crippen LogP contribution >= 0.6 is 0 Å². The first-order valence-electron chi connectivity index (χ1n) is 7.61. The van der Waals surface area contributed by atoms with Crippen LogP contribution < -0.4 is 10.6 Å². The van der Waals surface area contributed by atoms with Gasteiger partial charge in [-0.3, -0.25) is 9.48 Å². The predicted octanol–water partition coefficient (Wildman–Crippen LogP) is 1.10. The third kappa shape index (κ3) is 2.43. The van der Waals surface area contributed by atoms with Crippen LogP contribution in [0.5, 0.6) is 0 Å². The van der Waals surface area contributed by atoms with Gasteiger partial charge in [0.1, 0.15) is 12.1 Å². The van der Waals surface area contributed by atoms with Gasteiger partial charge in [0.25, 0.3) is 5.91 Å². The van der Waals surface area contributed by atoms with Crippen molar-refractivity contribution in [2.45, 2.75) is 31.2 Å². The molecule has 1 atom stereocenters. The van der Waals surface area contributed by atoms with Crippen LogP contribution in [0.1, 0.15) is 47.3 Å². The quantitative estimate of drug-likeness (QED) is 0.913. The Labute approximate surface area is 128 Å². The predicted molar refractivity (Wildman–Crippen MR) is 80.6 cm³/mol. The van der Waals surface area contributed by atoms with Crippen LogP contribution in [0, 0.1) is 0 Å². The Morgan fingerprint density at radius 2 is 2.14 bits per heavy atom. The molecule has 114 valence electrons.